The number of carbonyl (C=O) groups is 1. The standard InChI is InChI=1S/C29H48O5/c1-7-17(15(2)3)27(34)26(33)16(4)19-8-9-20-18-12-23(30)22-13-24(31)25(32)14-29(22,6)21(18)10-11-28(19,20)5/h7,15-16,18-22,24-27,31-34H,8-14H2,1-6H3/t16-,18-,19+,20-,21-,22+,24-,25+,26+,27+,28+,29+/m0/s1. The van der Waals surface area contributed by atoms with Gasteiger partial charge in [-0.2, -0.15) is 0 Å². The van der Waals surface area contributed by atoms with Gasteiger partial charge in [0, 0.05) is 12.3 Å². The number of allylic oxidation sites excluding steroid dienone is 1. The summed E-state index contributed by atoms with van der Waals surface area (Å²) in [6, 6.07) is 0. The third-order valence-electron chi connectivity index (χ3n) is 11.4. The first-order valence-electron chi connectivity index (χ1n) is 13.8. The van der Waals surface area contributed by atoms with E-state index in [0.29, 0.717) is 42.9 Å². The van der Waals surface area contributed by atoms with Crippen LogP contribution in [0.3, 0.4) is 0 Å². The first-order valence-corrected chi connectivity index (χ1v) is 13.8. The number of carbonyl (C=O) groups excluding carboxylic acids is 1. The molecule has 0 aromatic heterocycles. The Morgan fingerprint density at radius 3 is 2.26 bits per heavy atom. The molecule has 12 atom stereocenters. The van der Waals surface area contributed by atoms with Gasteiger partial charge in [0.05, 0.1) is 18.3 Å². The summed E-state index contributed by atoms with van der Waals surface area (Å²) in [6.45, 7) is 12.7. The van der Waals surface area contributed by atoms with Crippen molar-refractivity contribution < 1.29 is 25.2 Å². The molecule has 34 heavy (non-hydrogen) atoms. The molecule has 0 aromatic rings. The number of hydrogen-bond donors (Lipinski definition) is 4. The van der Waals surface area contributed by atoms with Gasteiger partial charge in [-0.15, -0.1) is 0 Å². The molecule has 4 aliphatic rings. The van der Waals surface area contributed by atoms with E-state index in [1.807, 2.05) is 13.0 Å². The van der Waals surface area contributed by atoms with Crippen LogP contribution >= 0.6 is 0 Å². The predicted octanol–water partition coefficient (Wildman–Crippen LogP) is 4.12. The van der Waals surface area contributed by atoms with Crippen LogP contribution in [0.1, 0.15) is 86.5 Å². The number of ketones is 1. The molecule has 4 saturated carbocycles. The van der Waals surface area contributed by atoms with Crippen LogP contribution in [0.5, 0.6) is 0 Å². The Morgan fingerprint density at radius 2 is 1.65 bits per heavy atom. The molecule has 0 unspecified atom stereocenters. The van der Waals surface area contributed by atoms with Crippen molar-refractivity contribution in [1.82, 2.24) is 0 Å². The summed E-state index contributed by atoms with van der Waals surface area (Å²) < 4.78 is 0. The number of aliphatic hydroxyl groups is 4. The quantitative estimate of drug-likeness (QED) is 0.448. The highest BCUT2D eigenvalue weighted by Gasteiger charge is 2.63. The van der Waals surface area contributed by atoms with Crippen molar-refractivity contribution in [3.05, 3.63) is 11.6 Å². The molecule has 5 heteroatoms. The molecular formula is C29H48O5. The average molecular weight is 477 g/mol. The van der Waals surface area contributed by atoms with Gasteiger partial charge in [-0.05, 0) is 97.4 Å². The van der Waals surface area contributed by atoms with Crippen LogP contribution in [-0.4, -0.2) is 50.6 Å². The largest absolute Gasteiger partial charge is 0.390 e. The molecule has 4 fully saturated rings. The van der Waals surface area contributed by atoms with Crippen molar-refractivity contribution in [2.24, 2.45) is 52.3 Å². The van der Waals surface area contributed by atoms with Gasteiger partial charge in [-0.1, -0.05) is 40.7 Å². The van der Waals surface area contributed by atoms with E-state index < -0.39 is 24.4 Å². The second kappa shape index (κ2) is 9.28. The minimum atomic E-state index is -0.843. The molecule has 0 aliphatic heterocycles. The highest BCUT2D eigenvalue weighted by Crippen LogP contribution is 2.67. The summed E-state index contributed by atoms with van der Waals surface area (Å²) in [4.78, 5) is 13.3. The van der Waals surface area contributed by atoms with Crippen molar-refractivity contribution in [1.29, 1.82) is 0 Å². The maximum Gasteiger partial charge on any atom is 0.136 e. The third-order valence-corrected chi connectivity index (χ3v) is 11.4. The van der Waals surface area contributed by atoms with Gasteiger partial charge < -0.3 is 20.4 Å². The topological polar surface area (TPSA) is 98.0 Å². The summed E-state index contributed by atoms with van der Waals surface area (Å²) in [5.41, 5.74) is 0.709. The molecular weight excluding hydrogens is 428 g/mol. The molecule has 5 nitrogen and oxygen atoms in total. The molecule has 4 N–H and O–H groups in total. The van der Waals surface area contributed by atoms with Crippen molar-refractivity contribution in [3.63, 3.8) is 0 Å². The lowest BCUT2D eigenvalue weighted by Crippen LogP contribution is -2.59. The summed E-state index contributed by atoms with van der Waals surface area (Å²) in [5.74, 6) is 1.76. The van der Waals surface area contributed by atoms with Crippen LogP contribution in [0.2, 0.25) is 0 Å². The van der Waals surface area contributed by atoms with E-state index >= 15 is 0 Å². The lowest BCUT2D eigenvalue weighted by Gasteiger charge is -2.61. The molecule has 0 spiro atoms. The second-order valence-corrected chi connectivity index (χ2v) is 13.1. The Bertz CT molecular complexity index is 806. The average Bonchev–Trinajstić information content (AvgIpc) is 3.12. The molecule has 0 radical (unpaired) electrons. The number of hydrogen-bond acceptors (Lipinski definition) is 5. The van der Waals surface area contributed by atoms with Crippen molar-refractivity contribution in [3.8, 4) is 0 Å². The van der Waals surface area contributed by atoms with E-state index in [4.69, 9.17) is 0 Å². The molecule has 0 saturated heterocycles. The molecule has 0 amide bonds. The highest BCUT2D eigenvalue weighted by molar-refractivity contribution is 5.83. The van der Waals surface area contributed by atoms with E-state index in [2.05, 4.69) is 34.6 Å². The van der Waals surface area contributed by atoms with Crippen molar-refractivity contribution in [2.45, 2.75) is 111 Å². The Balaban J connectivity index is 1.56. The van der Waals surface area contributed by atoms with Crippen LogP contribution in [0.15, 0.2) is 11.6 Å². The summed E-state index contributed by atoms with van der Waals surface area (Å²) in [6.07, 6.45) is 4.47. The normalized spacial score (nSPS) is 47.6. The highest BCUT2D eigenvalue weighted by atomic mass is 16.3. The van der Waals surface area contributed by atoms with E-state index in [1.54, 1.807) is 0 Å². The van der Waals surface area contributed by atoms with Gasteiger partial charge in [0.2, 0.25) is 0 Å². The number of Topliss-reactive ketones (excluding diaryl/α,β-unsaturated/α-hetero) is 1. The lowest BCUT2D eigenvalue weighted by atomic mass is 9.44. The Labute approximate surface area is 206 Å². The van der Waals surface area contributed by atoms with Crippen LogP contribution < -0.4 is 0 Å². The molecule has 0 heterocycles. The Kier molecular flexibility index (Phi) is 7.18. The summed E-state index contributed by atoms with van der Waals surface area (Å²) in [5, 5.41) is 43.0. The first-order chi connectivity index (χ1) is 15.9. The van der Waals surface area contributed by atoms with Crippen LogP contribution in [0, 0.1) is 52.3 Å². The molecule has 194 valence electrons. The first kappa shape index (κ1) is 26.3. The molecule has 4 aliphatic carbocycles. The zero-order valence-electron chi connectivity index (χ0n) is 22.1. The maximum absolute atomic E-state index is 13.3. The summed E-state index contributed by atoms with van der Waals surface area (Å²) in [7, 11) is 0. The molecule has 4 rings (SSSR count). The van der Waals surface area contributed by atoms with Gasteiger partial charge in [-0.25, -0.2) is 0 Å². The number of fused-ring (bicyclic) bond motifs is 5. The summed E-state index contributed by atoms with van der Waals surface area (Å²) >= 11 is 0. The van der Waals surface area contributed by atoms with Crippen LogP contribution in [0.4, 0.5) is 0 Å². The van der Waals surface area contributed by atoms with Gasteiger partial charge in [-0.3, -0.25) is 4.79 Å². The fraction of sp³-hybridized carbons (Fsp3) is 0.897. The van der Waals surface area contributed by atoms with Gasteiger partial charge in [0.25, 0.3) is 0 Å². The third kappa shape index (κ3) is 3.93. The minimum absolute atomic E-state index is 0.0236. The van der Waals surface area contributed by atoms with Gasteiger partial charge >= 0.3 is 0 Å². The zero-order chi connectivity index (χ0) is 25.2. The fourth-order valence-electron chi connectivity index (χ4n) is 9.54. The van der Waals surface area contributed by atoms with Crippen LogP contribution in [0.25, 0.3) is 0 Å². The Hall–Kier alpha value is -0.750. The molecule has 0 aromatic carbocycles. The monoisotopic (exact) mass is 476 g/mol. The van der Waals surface area contributed by atoms with E-state index in [0.717, 1.165) is 31.3 Å². The van der Waals surface area contributed by atoms with Gasteiger partial charge in [0.1, 0.15) is 11.9 Å². The van der Waals surface area contributed by atoms with Gasteiger partial charge in [0.15, 0.2) is 0 Å². The fourth-order valence-corrected chi connectivity index (χ4v) is 9.54. The maximum atomic E-state index is 13.3. The zero-order valence-corrected chi connectivity index (χ0v) is 22.1. The van der Waals surface area contributed by atoms with Crippen molar-refractivity contribution in [2.75, 3.05) is 0 Å². The SMILES string of the molecule is CC=C(C(C)C)[C@@H](O)[C@H](O)[C@@H](C)[C@H]1CC[C@H]2[C@@H]3CC(=O)[C@H]4C[C@H](O)[C@H](O)C[C@]4(C)[C@H]3CC[C@]12C. The molecule has 0 bridgehead atoms. The van der Waals surface area contributed by atoms with E-state index in [1.165, 1.54) is 0 Å². The number of aliphatic hydroxyl groups excluding tert-OH is 4. The van der Waals surface area contributed by atoms with E-state index in [9.17, 15) is 25.2 Å². The Morgan fingerprint density at radius 1 is 1.00 bits per heavy atom. The minimum Gasteiger partial charge on any atom is -0.390 e. The second-order valence-electron chi connectivity index (χ2n) is 13.1. The smallest absolute Gasteiger partial charge is 0.136 e. The predicted molar refractivity (Wildman–Crippen MR) is 133 cm³/mol. The number of rotatable bonds is 5. The lowest BCUT2D eigenvalue weighted by molar-refractivity contribution is -0.174. The van der Waals surface area contributed by atoms with Crippen LogP contribution in [-0.2, 0) is 4.79 Å². The van der Waals surface area contributed by atoms with Crippen molar-refractivity contribution >= 4 is 5.78 Å². The van der Waals surface area contributed by atoms with E-state index in [-0.39, 0.29) is 34.4 Å².